The average Bonchev–Trinajstić information content (AvgIpc) is 2.48. The summed E-state index contributed by atoms with van der Waals surface area (Å²) < 4.78 is 0. The molecule has 2 amide bonds. The fourth-order valence-corrected chi connectivity index (χ4v) is 2.79. The maximum absolute atomic E-state index is 12.0. The van der Waals surface area contributed by atoms with Gasteiger partial charge in [0.25, 0.3) is 0 Å². The van der Waals surface area contributed by atoms with Gasteiger partial charge in [-0.3, -0.25) is 0 Å². The van der Waals surface area contributed by atoms with Gasteiger partial charge < -0.3 is 15.1 Å². The lowest BCUT2D eigenvalue weighted by Gasteiger charge is -2.36. The molecule has 0 aliphatic carbocycles. The number of piperazine rings is 1. The number of unbranched alkanes of at least 4 members (excludes halogenated alkanes) is 1. The molecule has 0 atom stereocenters. The molecule has 1 saturated heterocycles. The summed E-state index contributed by atoms with van der Waals surface area (Å²) in [5.74, 6) is 0. The van der Waals surface area contributed by atoms with Crippen LogP contribution in [-0.4, -0.2) is 43.7 Å². The Labute approximate surface area is 128 Å². The Morgan fingerprint density at radius 1 is 1.19 bits per heavy atom. The Morgan fingerprint density at radius 3 is 2.52 bits per heavy atom. The zero-order valence-electron chi connectivity index (χ0n) is 13.5. The number of amides is 2. The predicted octanol–water partition coefficient (Wildman–Crippen LogP) is 2.94. The number of carbonyl (C=O) groups excluding carboxylic acids is 1. The minimum Gasteiger partial charge on any atom is -0.368 e. The molecule has 0 aromatic heterocycles. The van der Waals surface area contributed by atoms with Crippen LogP contribution in [0.15, 0.2) is 18.2 Å². The summed E-state index contributed by atoms with van der Waals surface area (Å²) in [5, 5.41) is 3.00. The molecule has 1 heterocycles. The van der Waals surface area contributed by atoms with Gasteiger partial charge in [0.05, 0.1) is 0 Å². The highest BCUT2D eigenvalue weighted by Gasteiger charge is 2.21. The Hall–Kier alpha value is -1.71. The maximum atomic E-state index is 12.0. The molecule has 1 aliphatic rings. The number of benzene rings is 1. The van der Waals surface area contributed by atoms with Crippen molar-refractivity contribution in [2.75, 3.05) is 37.6 Å². The van der Waals surface area contributed by atoms with Crippen LogP contribution in [0, 0.1) is 13.8 Å². The van der Waals surface area contributed by atoms with Crippen LogP contribution in [0.4, 0.5) is 10.5 Å². The van der Waals surface area contributed by atoms with Gasteiger partial charge in [-0.25, -0.2) is 4.79 Å². The molecule has 1 aromatic rings. The van der Waals surface area contributed by atoms with Crippen LogP contribution in [-0.2, 0) is 0 Å². The third-order valence-corrected chi connectivity index (χ3v) is 4.07. The number of hydrogen-bond donors (Lipinski definition) is 1. The van der Waals surface area contributed by atoms with Crippen LogP contribution in [0.5, 0.6) is 0 Å². The molecular formula is C17H27N3O. The first-order valence-corrected chi connectivity index (χ1v) is 7.96. The van der Waals surface area contributed by atoms with Crippen molar-refractivity contribution in [2.24, 2.45) is 0 Å². The number of aryl methyl sites for hydroxylation is 2. The normalized spacial score (nSPS) is 15.2. The lowest BCUT2D eigenvalue weighted by molar-refractivity contribution is 0.194. The Kier molecular flexibility index (Phi) is 5.48. The number of urea groups is 1. The van der Waals surface area contributed by atoms with E-state index in [0.717, 1.165) is 45.6 Å². The minimum atomic E-state index is 0.0868. The molecule has 0 spiro atoms. The quantitative estimate of drug-likeness (QED) is 0.865. The van der Waals surface area contributed by atoms with Crippen LogP contribution in [0.2, 0.25) is 0 Å². The van der Waals surface area contributed by atoms with Crippen LogP contribution >= 0.6 is 0 Å². The highest BCUT2D eigenvalue weighted by Crippen LogP contribution is 2.22. The van der Waals surface area contributed by atoms with Crippen molar-refractivity contribution in [1.82, 2.24) is 10.2 Å². The van der Waals surface area contributed by atoms with E-state index in [2.05, 4.69) is 49.2 Å². The van der Waals surface area contributed by atoms with Gasteiger partial charge in [-0.15, -0.1) is 0 Å². The largest absolute Gasteiger partial charge is 0.368 e. The van der Waals surface area contributed by atoms with Crippen molar-refractivity contribution < 1.29 is 4.79 Å². The van der Waals surface area contributed by atoms with Crippen LogP contribution in [0.3, 0.4) is 0 Å². The maximum Gasteiger partial charge on any atom is 0.317 e. The molecule has 4 heteroatoms. The van der Waals surface area contributed by atoms with E-state index in [4.69, 9.17) is 0 Å². The molecule has 0 radical (unpaired) electrons. The van der Waals surface area contributed by atoms with E-state index in [1.807, 2.05) is 4.90 Å². The predicted molar refractivity (Wildman–Crippen MR) is 88.0 cm³/mol. The second-order valence-corrected chi connectivity index (χ2v) is 5.85. The summed E-state index contributed by atoms with van der Waals surface area (Å²) in [4.78, 5) is 16.3. The van der Waals surface area contributed by atoms with E-state index < -0.39 is 0 Å². The molecule has 1 aromatic carbocycles. The summed E-state index contributed by atoms with van der Waals surface area (Å²) in [7, 11) is 0. The highest BCUT2D eigenvalue weighted by atomic mass is 16.2. The fourth-order valence-electron chi connectivity index (χ4n) is 2.79. The summed E-state index contributed by atoms with van der Waals surface area (Å²) in [6.07, 6.45) is 2.16. The van der Waals surface area contributed by atoms with Crippen molar-refractivity contribution in [3.05, 3.63) is 29.3 Å². The molecule has 0 unspecified atom stereocenters. The molecule has 2 rings (SSSR count). The third-order valence-electron chi connectivity index (χ3n) is 4.07. The van der Waals surface area contributed by atoms with Gasteiger partial charge >= 0.3 is 6.03 Å². The van der Waals surface area contributed by atoms with Gasteiger partial charge in [0.1, 0.15) is 0 Å². The molecule has 0 bridgehead atoms. The molecular weight excluding hydrogens is 262 g/mol. The Morgan fingerprint density at radius 2 is 1.90 bits per heavy atom. The fraction of sp³-hybridized carbons (Fsp3) is 0.588. The molecule has 0 saturated carbocycles. The SMILES string of the molecule is CCCCNC(=O)N1CCN(c2ccc(C)cc2C)CC1. The van der Waals surface area contributed by atoms with E-state index >= 15 is 0 Å². The summed E-state index contributed by atoms with van der Waals surface area (Å²) in [6, 6.07) is 6.66. The Balaban J connectivity index is 1.86. The van der Waals surface area contributed by atoms with Crippen molar-refractivity contribution in [1.29, 1.82) is 0 Å². The monoisotopic (exact) mass is 289 g/mol. The average molecular weight is 289 g/mol. The minimum absolute atomic E-state index is 0.0868. The lowest BCUT2D eigenvalue weighted by Crippen LogP contribution is -2.52. The van der Waals surface area contributed by atoms with E-state index in [1.54, 1.807) is 0 Å². The summed E-state index contributed by atoms with van der Waals surface area (Å²) in [6.45, 7) is 10.6. The number of nitrogens with zero attached hydrogens (tertiary/aromatic N) is 2. The highest BCUT2D eigenvalue weighted by molar-refractivity contribution is 5.74. The molecule has 4 nitrogen and oxygen atoms in total. The van der Waals surface area contributed by atoms with E-state index in [1.165, 1.54) is 16.8 Å². The smallest absolute Gasteiger partial charge is 0.317 e. The number of anilines is 1. The molecule has 1 N–H and O–H groups in total. The van der Waals surface area contributed by atoms with Gasteiger partial charge in [0.15, 0.2) is 0 Å². The van der Waals surface area contributed by atoms with Gasteiger partial charge in [-0.1, -0.05) is 31.0 Å². The van der Waals surface area contributed by atoms with E-state index in [-0.39, 0.29) is 6.03 Å². The molecule has 21 heavy (non-hydrogen) atoms. The molecule has 1 fully saturated rings. The number of carbonyl (C=O) groups is 1. The number of rotatable bonds is 4. The van der Waals surface area contributed by atoms with Crippen LogP contribution in [0.1, 0.15) is 30.9 Å². The van der Waals surface area contributed by atoms with Gasteiger partial charge in [0.2, 0.25) is 0 Å². The first-order chi connectivity index (χ1) is 10.1. The summed E-state index contributed by atoms with van der Waals surface area (Å²) >= 11 is 0. The summed E-state index contributed by atoms with van der Waals surface area (Å²) in [5.41, 5.74) is 3.91. The van der Waals surface area contributed by atoms with E-state index in [9.17, 15) is 4.79 Å². The second-order valence-electron chi connectivity index (χ2n) is 5.85. The Bertz CT molecular complexity index is 479. The lowest BCUT2D eigenvalue weighted by atomic mass is 10.1. The van der Waals surface area contributed by atoms with Crippen LogP contribution in [0.25, 0.3) is 0 Å². The van der Waals surface area contributed by atoms with Crippen molar-refractivity contribution in [2.45, 2.75) is 33.6 Å². The van der Waals surface area contributed by atoms with Crippen molar-refractivity contribution >= 4 is 11.7 Å². The van der Waals surface area contributed by atoms with Crippen LogP contribution < -0.4 is 10.2 Å². The second kappa shape index (κ2) is 7.34. The van der Waals surface area contributed by atoms with Crippen molar-refractivity contribution in [3.8, 4) is 0 Å². The topological polar surface area (TPSA) is 35.6 Å². The third kappa shape index (κ3) is 4.13. The zero-order chi connectivity index (χ0) is 15.2. The van der Waals surface area contributed by atoms with Gasteiger partial charge in [0, 0.05) is 38.4 Å². The van der Waals surface area contributed by atoms with E-state index in [0.29, 0.717) is 0 Å². The first kappa shape index (κ1) is 15.7. The molecule has 1 aliphatic heterocycles. The zero-order valence-corrected chi connectivity index (χ0v) is 13.5. The van der Waals surface area contributed by atoms with Gasteiger partial charge in [-0.05, 0) is 31.9 Å². The van der Waals surface area contributed by atoms with Crippen molar-refractivity contribution in [3.63, 3.8) is 0 Å². The first-order valence-electron chi connectivity index (χ1n) is 7.96. The van der Waals surface area contributed by atoms with Gasteiger partial charge in [-0.2, -0.15) is 0 Å². The standard InChI is InChI=1S/C17H27N3O/c1-4-5-8-18-17(21)20-11-9-19(10-12-20)16-7-6-14(2)13-15(16)3/h6-7,13H,4-5,8-12H2,1-3H3,(H,18,21). The number of nitrogens with one attached hydrogen (secondary N) is 1. The number of hydrogen-bond acceptors (Lipinski definition) is 2. The molecule has 116 valence electrons.